The molecule has 28 heavy (non-hydrogen) atoms. The first-order valence-electron chi connectivity index (χ1n) is 9.64. The number of hydrazine groups is 1. The van der Waals surface area contributed by atoms with Gasteiger partial charge in [0.1, 0.15) is 0 Å². The summed E-state index contributed by atoms with van der Waals surface area (Å²) in [7, 11) is 1.70. The van der Waals surface area contributed by atoms with Gasteiger partial charge in [0.15, 0.2) is 0 Å². The fourth-order valence-electron chi connectivity index (χ4n) is 2.73. The molecular weight excluding hydrogens is 420 g/mol. The minimum Gasteiger partial charge on any atom is -0.395 e. The molecular formula is C20H33BrN6O. The standard InChI is InChI=1S/C18H27BrN6O.C2H6/c1-5-14-13(19)6-7-15(23-14)17(20)16(24(4)21)10-25-9-12(8-11(2)3)22-18(25)26;1-2/h6-7,9,11H,5,8,10,20-21H2,1-4H3,(H,22,26);1-2H3/b17-16-;. The topological polar surface area (TPSA) is 106 Å². The van der Waals surface area contributed by atoms with E-state index in [1.165, 1.54) is 5.01 Å². The summed E-state index contributed by atoms with van der Waals surface area (Å²) in [4.78, 5) is 19.7. The van der Waals surface area contributed by atoms with E-state index in [1.54, 1.807) is 11.6 Å². The number of halogens is 1. The number of rotatable bonds is 7. The number of nitrogens with one attached hydrogen (secondary N) is 1. The molecule has 0 fully saturated rings. The molecule has 0 atom stereocenters. The Morgan fingerprint density at radius 2 is 2.00 bits per heavy atom. The van der Waals surface area contributed by atoms with Crippen molar-refractivity contribution in [2.45, 2.75) is 54.0 Å². The summed E-state index contributed by atoms with van der Waals surface area (Å²) in [5.41, 5.74) is 9.72. The molecule has 0 amide bonds. The van der Waals surface area contributed by atoms with Crippen LogP contribution >= 0.6 is 15.9 Å². The predicted molar refractivity (Wildman–Crippen MR) is 119 cm³/mol. The summed E-state index contributed by atoms with van der Waals surface area (Å²) >= 11 is 3.49. The normalized spacial score (nSPS) is 11.8. The molecule has 2 rings (SSSR count). The van der Waals surface area contributed by atoms with Gasteiger partial charge >= 0.3 is 5.69 Å². The third-order valence-electron chi connectivity index (χ3n) is 4.05. The van der Waals surface area contributed by atoms with Crippen LogP contribution in [0.5, 0.6) is 0 Å². The number of nitrogens with two attached hydrogens (primary N) is 2. The Labute approximate surface area is 175 Å². The highest BCUT2D eigenvalue weighted by Crippen LogP contribution is 2.20. The predicted octanol–water partition coefficient (Wildman–Crippen LogP) is 3.25. The molecule has 5 N–H and O–H groups in total. The minimum absolute atomic E-state index is 0.175. The first kappa shape index (κ1) is 24.0. The number of nitrogens with zero attached hydrogens (tertiary/aromatic N) is 3. The second-order valence-corrected chi connectivity index (χ2v) is 7.61. The molecule has 0 aromatic carbocycles. The van der Waals surface area contributed by atoms with Crippen molar-refractivity contribution in [3.8, 4) is 0 Å². The van der Waals surface area contributed by atoms with E-state index in [0.29, 0.717) is 23.0 Å². The maximum absolute atomic E-state index is 12.2. The van der Waals surface area contributed by atoms with Gasteiger partial charge in [-0.2, -0.15) is 0 Å². The number of hydrogen-bond acceptors (Lipinski definition) is 5. The Balaban J connectivity index is 0.00000190. The van der Waals surface area contributed by atoms with Crippen LogP contribution in [-0.2, 0) is 19.4 Å². The van der Waals surface area contributed by atoms with Crippen LogP contribution in [0.25, 0.3) is 5.70 Å². The molecule has 0 bridgehead atoms. The Bertz CT molecular complexity index is 851. The summed E-state index contributed by atoms with van der Waals surface area (Å²) in [6.45, 7) is 10.5. The SMILES string of the molecule is CC.CCc1nc(/C(N)=C(\Cn2cc(CC(C)C)[nH]c2=O)N(C)N)ccc1Br. The molecule has 7 nitrogen and oxygen atoms in total. The molecule has 0 spiro atoms. The number of aryl methyl sites for hydroxylation is 1. The quantitative estimate of drug-likeness (QED) is 0.441. The van der Waals surface area contributed by atoms with Gasteiger partial charge in [0.05, 0.1) is 29.3 Å². The van der Waals surface area contributed by atoms with Gasteiger partial charge in [-0.1, -0.05) is 34.6 Å². The Morgan fingerprint density at radius 3 is 2.54 bits per heavy atom. The van der Waals surface area contributed by atoms with E-state index in [4.69, 9.17) is 11.6 Å². The first-order valence-corrected chi connectivity index (χ1v) is 10.4. The summed E-state index contributed by atoms with van der Waals surface area (Å²) in [5, 5.41) is 1.44. The molecule has 0 unspecified atom stereocenters. The van der Waals surface area contributed by atoms with Gasteiger partial charge in [-0.25, -0.2) is 10.6 Å². The lowest BCUT2D eigenvalue weighted by Crippen LogP contribution is -2.32. The third-order valence-corrected chi connectivity index (χ3v) is 4.78. The zero-order valence-corrected chi connectivity index (χ0v) is 19.3. The lowest BCUT2D eigenvalue weighted by molar-refractivity contribution is 0.410. The molecule has 0 aliphatic rings. The average molecular weight is 453 g/mol. The van der Waals surface area contributed by atoms with E-state index in [2.05, 4.69) is 39.7 Å². The summed E-state index contributed by atoms with van der Waals surface area (Å²) in [5.74, 6) is 6.45. The Morgan fingerprint density at radius 1 is 1.36 bits per heavy atom. The largest absolute Gasteiger partial charge is 0.395 e. The Hall–Kier alpha value is -2.06. The number of aromatic nitrogens is 3. The number of imidazole rings is 1. The van der Waals surface area contributed by atoms with Crippen LogP contribution < -0.4 is 17.3 Å². The first-order chi connectivity index (χ1) is 13.2. The lowest BCUT2D eigenvalue weighted by Gasteiger charge is -2.20. The zero-order chi connectivity index (χ0) is 21.4. The molecule has 0 radical (unpaired) electrons. The van der Waals surface area contributed by atoms with E-state index >= 15 is 0 Å². The molecule has 8 heteroatoms. The molecule has 0 saturated carbocycles. The van der Waals surface area contributed by atoms with Gasteiger partial charge in [0, 0.05) is 23.4 Å². The number of aromatic amines is 1. The molecule has 2 aromatic heterocycles. The van der Waals surface area contributed by atoms with Crippen LogP contribution in [0.15, 0.2) is 33.3 Å². The van der Waals surface area contributed by atoms with E-state index in [-0.39, 0.29) is 12.2 Å². The van der Waals surface area contributed by atoms with Crippen molar-refractivity contribution in [2.24, 2.45) is 17.5 Å². The minimum atomic E-state index is -0.175. The van der Waals surface area contributed by atoms with Crippen LogP contribution in [0.2, 0.25) is 0 Å². The zero-order valence-electron chi connectivity index (χ0n) is 17.7. The van der Waals surface area contributed by atoms with Gasteiger partial charge in [0.2, 0.25) is 0 Å². The van der Waals surface area contributed by atoms with E-state index < -0.39 is 0 Å². The van der Waals surface area contributed by atoms with Crippen molar-refractivity contribution in [3.63, 3.8) is 0 Å². The van der Waals surface area contributed by atoms with Crippen molar-refractivity contribution in [1.29, 1.82) is 0 Å². The van der Waals surface area contributed by atoms with Crippen molar-refractivity contribution in [2.75, 3.05) is 7.05 Å². The van der Waals surface area contributed by atoms with Crippen LogP contribution in [0.3, 0.4) is 0 Å². The fraction of sp³-hybridized carbons (Fsp3) is 0.500. The van der Waals surface area contributed by atoms with Crippen LogP contribution in [-0.4, -0.2) is 26.6 Å². The summed E-state index contributed by atoms with van der Waals surface area (Å²) < 4.78 is 2.53. The maximum Gasteiger partial charge on any atom is 0.326 e. The van der Waals surface area contributed by atoms with E-state index in [1.807, 2.05) is 39.1 Å². The smallest absolute Gasteiger partial charge is 0.326 e. The van der Waals surface area contributed by atoms with Gasteiger partial charge in [-0.15, -0.1) is 0 Å². The molecule has 0 aliphatic heterocycles. The van der Waals surface area contributed by atoms with Gasteiger partial charge < -0.3 is 15.7 Å². The van der Waals surface area contributed by atoms with Gasteiger partial charge in [0.25, 0.3) is 0 Å². The lowest BCUT2D eigenvalue weighted by atomic mass is 10.1. The highest BCUT2D eigenvalue weighted by molar-refractivity contribution is 9.10. The van der Waals surface area contributed by atoms with Crippen molar-refractivity contribution in [1.82, 2.24) is 19.5 Å². The molecule has 156 valence electrons. The Kier molecular flexibility index (Phi) is 9.48. The van der Waals surface area contributed by atoms with E-state index in [9.17, 15) is 4.79 Å². The second kappa shape index (κ2) is 11.1. The third kappa shape index (κ3) is 6.24. The average Bonchev–Trinajstić information content (AvgIpc) is 2.99. The van der Waals surface area contributed by atoms with Crippen LogP contribution in [0.4, 0.5) is 0 Å². The number of hydrogen-bond donors (Lipinski definition) is 3. The van der Waals surface area contributed by atoms with Gasteiger partial charge in [-0.05, 0) is 46.8 Å². The molecule has 0 saturated heterocycles. The molecule has 2 aromatic rings. The summed E-state index contributed by atoms with van der Waals surface area (Å²) in [6.07, 6.45) is 3.42. The number of H-pyrrole nitrogens is 1. The monoisotopic (exact) mass is 452 g/mol. The fourth-order valence-corrected chi connectivity index (χ4v) is 3.23. The highest BCUT2D eigenvalue weighted by Gasteiger charge is 2.14. The number of pyridine rings is 1. The second-order valence-electron chi connectivity index (χ2n) is 6.76. The van der Waals surface area contributed by atoms with Crippen LogP contribution in [0, 0.1) is 5.92 Å². The van der Waals surface area contributed by atoms with Gasteiger partial charge in [-0.3, -0.25) is 9.55 Å². The van der Waals surface area contributed by atoms with Crippen LogP contribution in [0.1, 0.15) is 51.7 Å². The van der Waals surface area contributed by atoms with E-state index in [0.717, 1.165) is 28.7 Å². The van der Waals surface area contributed by atoms with Crippen molar-refractivity contribution in [3.05, 3.63) is 56.1 Å². The molecule has 2 heterocycles. The maximum atomic E-state index is 12.2. The number of likely N-dealkylation sites (N-methyl/N-ethyl adjacent to an activating group) is 1. The number of allylic oxidation sites excluding steroid dienone is 1. The molecule has 0 aliphatic carbocycles. The van der Waals surface area contributed by atoms with Crippen molar-refractivity contribution >= 4 is 21.6 Å². The highest BCUT2D eigenvalue weighted by atomic mass is 79.9. The summed E-state index contributed by atoms with van der Waals surface area (Å²) in [6, 6.07) is 3.76. The van der Waals surface area contributed by atoms with Crippen molar-refractivity contribution < 1.29 is 0 Å².